The van der Waals surface area contributed by atoms with Crippen molar-refractivity contribution in [2.75, 3.05) is 52.4 Å². The molecule has 0 saturated carbocycles. The molecule has 2 nitrogen and oxygen atoms in total. The molecule has 0 unspecified atom stereocenters. The standard InChI is InChI=1S/C14H32N2.2HI/c1-5-15(6-2,7-3)13-14-16(8-4)11-9-10-12-16;;/h5-14H2,1-4H3;2*1H/q+2;;/p-2. The van der Waals surface area contributed by atoms with Crippen LogP contribution in [0.15, 0.2) is 0 Å². The van der Waals surface area contributed by atoms with Crippen LogP contribution in [0.4, 0.5) is 0 Å². The lowest BCUT2D eigenvalue weighted by Gasteiger charge is -2.40. The van der Waals surface area contributed by atoms with E-state index >= 15 is 0 Å². The second-order valence-electron chi connectivity index (χ2n) is 5.55. The van der Waals surface area contributed by atoms with Gasteiger partial charge in [0.1, 0.15) is 13.1 Å². The van der Waals surface area contributed by atoms with E-state index in [0.29, 0.717) is 0 Å². The number of likely N-dealkylation sites (tertiary alicyclic amines) is 1. The zero-order chi connectivity index (χ0) is 12.1. The number of rotatable bonds is 7. The van der Waals surface area contributed by atoms with E-state index in [1.54, 1.807) is 0 Å². The SMILES string of the molecule is CC[N+](CC)(CC)CC[N+]1(CC)CCCC1.[I-].[I-]. The summed E-state index contributed by atoms with van der Waals surface area (Å²) >= 11 is 0. The molecule has 0 N–H and O–H groups in total. The van der Waals surface area contributed by atoms with Crippen LogP contribution in [-0.2, 0) is 0 Å². The first-order valence-corrected chi connectivity index (χ1v) is 7.36. The van der Waals surface area contributed by atoms with Gasteiger partial charge in [0, 0.05) is 12.8 Å². The smallest absolute Gasteiger partial charge is 0.128 e. The molecule has 0 aliphatic carbocycles. The van der Waals surface area contributed by atoms with Crippen molar-refractivity contribution in [3.63, 3.8) is 0 Å². The number of hydrogen-bond acceptors (Lipinski definition) is 0. The Morgan fingerprint density at radius 1 is 0.833 bits per heavy atom. The molecular weight excluding hydrogens is 450 g/mol. The second-order valence-corrected chi connectivity index (χ2v) is 5.55. The Balaban J connectivity index is 0. The van der Waals surface area contributed by atoms with E-state index in [0.717, 1.165) is 0 Å². The normalized spacial score (nSPS) is 18.0. The van der Waals surface area contributed by atoms with Crippen LogP contribution in [0.25, 0.3) is 0 Å². The third-order valence-electron chi connectivity index (χ3n) is 5.25. The first kappa shape index (κ1) is 21.7. The van der Waals surface area contributed by atoms with Gasteiger partial charge in [-0.2, -0.15) is 0 Å². The van der Waals surface area contributed by atoms with Gasteiger partial charge < -0.3 is 56.9 Å². The van der Waals surface area contributed by atoms with Crippen molar-refractivity contribution in [1.29, 1.82) is 0 Å². The molecule has 0 bridgehead atoms. The maximum Gasteiger partial charge on any atom is 0.128 e. The van der Waals surface area contributed by atoms with E-state index in [1.165, 1.54) is 74.2 Å². The molecule has 1 saturated heterocycles. The van der Waals surface area contributed by atoms with Crippen LogP contribution >= 0.6 is 0 Å². The Morgan fingerprint density at radius 3 is 1.61 bits per heavy atom. The molecule has 4 heteroatoms. The molecule has 112 valence electrons. The largest absolute Gasteiger partial charge is 1.00 e. The van der Waals surface area contributed by atoms with Crippen molar-refractivity contribution in [1.82, 2.24) is 0 Å². The van der Waals surface area contributed by atoms with Crippen LogP contribution in [0.5, 0.6) is 0 Å². The molecule has 1 aliphatic rings. The van der Waals surface area contributed by atoms with Crippen molar-refractivity contribution < 1.29 is 56.9 Å². The van der Waals surface area contributed by atoms with Gasteiger partial charge in [-0.1, -0.05) is 0 Å². The van der Waals surface area contributed by atoms with Crippen molar-refractivity contribution in [3.8, 4) is 0 Å². The van der Waals surface area contributed by atoms with E-state index in [1.807, 2.05) is 0 Å². The van der Waals surface area contributed by atoms with Gasteiger partial charge >= 0.3 is 0 Å². The van der Waals surface area contributed by atoms with Crippen LogP contribution in [0.1, 0.15) is 40.5 Å². The summed E-state index contributed by atoms with van der Waals surface area (Å²) in [6.45, 7) is 20.4. The summed E-state index contributed by atoms with van der Waals surface area (Å²) in [6.07, 6.45) is 2.91. The van der Waals surface area contributed by atoms with Crippen molar-refractivity contribution in [2.24, 2.45) is 0 Å². The highest BCUT2D eigenvalue weighted by Gasteiger charge is 2.33. The highest BCUT2D eigenvalue weighted by Crippen LogP contribution is 2.20. The minimum absolute atomic E-state index is 0. The van der Waals surface area contributed by atoms with E-state index in [2.05, 4.69) is 27.7 Å². The Bertz CT molecular complexity index is 183. The minimum atomic E-state index is 0. The fraction of sp³-hybridized carbons (Fsp3) is 1.00. The van der Waals surface area contributed by atoms with Gasteiger partial charge in [0.05, 0.1) is 39.3 Å². The van der Waals surface area contributed by atoms with Crippen LogP contribution in [0.2, 0.25) is 0 Å². The molecule has 1 fully saturated rings. The predicted molar refractivity (Wildman–Crippen MR) is 71.4 cm³/mol. The quantitative estimate of drug-likeness (QED) is 0.261. The molecule has 18 heavy (non-hydrogen) atoms. The summed E-state index contributed by atoms with van der Waals surface area (Å²) in [5.74, 6) is 0. The molecule has 1 rings (SSSR count). The average Bonchev–Trinajstić information content (AvgIpc) is 2.81. The van der Waals surface area contributed by atoms with Crippen LogP contribution < -0.4 is 48.0 Å². The molecule has 0 aromatic rings. The first-order valence-electron chi connectivity index (χ1n) is 7.36. The van der Waals surface area contributed by atoms with Gasteiger partial charge in [-0.05, 0) is 27.7 Å². The Morgan fingerprint density at radius 2 is 1.28 bits per heavy atom. The lowest BCUT2D eigenvalue weighted by Crippen LogP contribution is -3.00. The topological polar surface area (TPSA) is 0 Å². The molecule has 0 aromatic carbocycles. The van der Waals surface area contributed by atoms with Crippen molar-refractivity contribution in [2.45, 2.75) is 40.5 Å². The molecular formula is C14H32I2N2. The molecule has 1 heterocycles. The number of hydrogen-bond donors (Lipinski definition) is 0. The average molecular weight is 482 g/mol. The van der Waals surface area contributed by atoms with Crippen LogP contribution in [0.3, 0.4) is 0 Å². The summed E-state index contributed by atoms with van der Waals surface area (Å²) in [4.78, 5) is 0. The third kappa shape index (κ3) is 5.40. The monoisotopic (exact) mass is 482 g/mol. The lowest BCUT2D eigenvalue weighted by atomic mass is 10.3. The third-order valence-corrected chi connectivity index (χ3v) is 5.25. The zero-order valence-corrected chi connectivity index (χ0v) is 17.0. The number of halogens is 2. The molecule has 0 amide bonds. The van der Waals surface area contributed by atoms with Gasteiger partial charge in [-0.3, -0.25) is 0 Å². The van der Waals surface area contributed by atoms with Gasteiger partial charge in [0.2, 0.25) is 0 Å². The minimum Gasteiger partial charge on any atom is -1.00 e. The van der Waals surface area contributed by atoms with Crippen LogP contribution in [-0.4, -0.2) is 61.3 Å². The Kier molecular flexibility index (Phi) is 12.2. The molecule has 0 spiro atoms. The summed E-state index contributed by atoms with van der Waals surface area (Å²) in [5, 5.41) is 0. The fourth-order valence-corrected chi connectivity index (χ4v) is 3.27. The van der Waals surface area contributed by atoms with Gasteiger partial charge in [0.25, 0.3) is 0 Å². The maximum absolute atomic E-state index is 2.38. The highest BCUT2D eigenvalue weighted by atomic mass is 127. The van der Waals surface area contributed by atoms with E-state index in [9.17, 15) is 0 Å². The van der Waals surface area contributed by atoms with Crippen molar-refractivity contribution >= 4 is 0 Å². The summed E-state index contributed by atoms with van der Waals surface area (Å²) in [7, 11) is 0. The van der Waals surface area contributed by atoms with Crippen molar-refractivity contribution in [3.05, 3.63) is 0 Å². The van der Waals surface area contributed by atoms with Crippen LogP contribution in [0, 0.1) is 0 Å². The summed E-state index contributed by atoms with van der Waals surface area (Å²) in [5.41, 5.74) is 0. The summed E-state index contributed by atoms with van der Waals surface area (Å²) in [6, 6.07) is 0. The number of quaternary nitrogens is 2. The van der Waals surface area contributed by atoms with Gasteiger partial charge in [-0.25, -0.2) is 0 Å². The second kappa shape index (κ2) is 10.2. The highest BCUT2D eigenvalue weighted by molar-refractivity contribution is 4.54. The summed E-state index contributed by atoms with van der Waals surface area (Å²) < 4.78 is 2.72. The molecule has 1 aliphatic heterocycles. The molecule has 0 atom stereocenters. The van der Waals surface area contributed by atoms with Gasteiger partial charge in [0.15, 0.2) is 0 Å². The zero-order valence-electron chi connectivity index (χ0n) is 12.7. The van der Waals surface area contributed by atoms with E-state index in [4.69, 9.17) is 0 Å². The maximum atomic E-state index is 2.38. The van der Waals surface area contributed by atoms with Gasteiger partial charge in [-0.15, -0.1) is 0 Å². The Hall–Kier alpha value is 1.38. The Labute approximate surface area is 149 Å². The first-order chi connectivity index (χ1) is 7.66. The molecule has 0 aromatic heterocycles. The number of likely N-dealkylation sites (N-methyl/N-ethyl adjacent to an activating group) is 2. The predicted octanol–water partition coefficient (Wildman–Crippen LogP) is -3.50. The molecule has 0 radical (unpaired) electrons. The lowest BCUT2D eigenvalue weighted by molar-refractivity contribution is -0.973. The van der Waals surface area contributed by atoms with E-state index in [-0.39, 0.29) is 48.0 Å². The van der Waals surface area contributed by atoms with E-state index < -0.39 is 0 Å². The number of nitrogens with zero attached hydrogens (tertiary/aromatic N) is 2. The fourth-order valence-electron chi connectivity index (χ4n) is 3.27.